The summed E-state index contributed by atoms with van der Waals surface area (Å²) < 4.78 is 69.4. The lowest BCUT2D eigenvalue weighted by atomic mass is 9.75. The van der Waals surface area contributed by atoms with Crippen LogP contribution in [-0.2, 0) is 16.1 Å². The van der Waals surface area contributed by atoms with Crippen LogP contribution in [0.5, 0.6) is 5.88 Å². The van der Waals surface area contributed by atoms with Gasteiger partial charge in [0.25, 0.3) is 0 Å². The van der Waals surface area contributed by atoms with Crippen molar-refractivity contribution in [1.29, 1.82) is 0 Å². The molecule has 2 aliphatic heterocycles. The standard InChI is InChI=1S/C20H26N4O.2C2HF3O2/c1-23-11-8-17(14-25-19-7-3-5-10-22-19)12-20(23)15-24(16-20)13-18-6-2-4-9-21-18;2*3-2(4,5)1(6)7/h2-7,9-10,17H,8,11-16H2,1H3;2*(H,6,7). The third-order valence-electron chi connectivity index (χ3n) is 6.09. The molecule has 2 aromatic rings. The summed E-state index contributed by atoms with van der Waals surface area (Å²) in [5, 5.41) is 14.2. The summed E-state index contributed by atoms with van der Waals surface area (Å²) in [5.74, 6) is -4.17. The van der Waals surface area contributed by atoms with Crippen molar-refractivity contribution in [2.45, 2.75) is 37.3 Å². The molecule has 15 heteroatoms. The summed E-state index contributed by atoms with van der Waals surface area (Å²) in [5.41, 5.74) is 1.47. The Morgan fingerprint density at radius 3 is 1.97 bits per heavy atom. The number of nitrogens with zero attached hydrogens (tertiary/aromatic N) is 4. The molecular formula is C24H28F6N4O5. The minimum absolute atomic E-state index is 0.311. The lowest BCUT2D eigenvalue weighted by molar-refractivity contribution is -0.193. The van der Waals surface area contributed by atoms with Crippen LogP contribution in [0, 0.1) is 5.92 Å². The fourth-order valence-corrected chi connectivity index (χ4v) is 4.18. The molecule has 1 spiro atoms. The van der Waals surface area contributed by atoms with Gasteiger partial charge in [0.2, 0.25) is 5.88 Å². The average Bonchev–Trinajstić information content (AvgIpc) is 2.84. The van der Waals surface area contributed by atoms with Crippen LogP contribution >= 0.6 is 0 Å². The molecule has 0 saturated carbocycles. The van der Waals surface area contributed by atoms with E-state index in [4.69, 9.17) is 24.5 Å². The van der Waals surface area contributed by atoms with Crippen LogP contribution in [0.4, 0.5) is 26.3 Å². The molecule has 0 aromatic carbocycles. The number of carboxylic acid groups (broad SMARTS) is 2. The first-order chi connectivity index (χ1) is 18.1. The molecule has 0 bridgehead atoms. The van der Waals surface area contributed by atoms with Crippen LogP contribution in [0.1, 0.15) is 18.5 Å². The molecule has 0 amide bonds. The highest BCUT2D eigenvalue weighted by Crippen LogP contribution is 2.38. The Morgan fingerprint density at radius 1 is 0.974 bits per heavy atom. The summed E-state index contributed by atoms with van der Waals surface area (Å²) in [7, 11) is 2.27. The molecule has 4 heterocycles. The molecule has 2 saturated heterocycles. The molecule has 2 aliphatic rings. The van der Waals surface area contributed by atoms with Gasteiger partial charge in [0.05, 0.1) is 12.3 Å². The number of ether oxygens (including phenoxy) is 1. The predicted molar refractivity (Wildman–Crippen MR) is 125 cm³/mol. The van der Waals surface area contributed by atoms with Gasteiger partial charge >= 0.3 is 24.3 Å². The molecule has 1 unspecified atom stereocenters. The maximum atomic E-state index is 10.6. The molecule has 0 aliphatic carbocycles. The normalized spacial score (nSPS) is 19.0. The molecular weight excluding hydrogens is 538 g/mol. The lowest BCUT2D eigenvalue weighted by Gasteiger charge is -2.58. The number of carbonyl (C=O) groups is 2. The van der Waals surface area contributed by atoms with Crippen molar-refractivity contribution >= 4 is 11.9 Å². The van der Waals surface area contributed by atoms with Crippen molar-refractivity contribution in [2.75, 3.05) is 33.3 Å². The van der Waals surface area contributed by atoms with Crippen LogP contribution in [-0.4, -0.2) is 93.1 Å². The largest absolute Gasteiger partial charge is 0.490 e. The van der Waals surface area contributed by atoms with Crippen molar-refractivity contribution in [2.24, 2.45) is 5.92 Å². The van der Waals surface area contributed by atoms with Gasteiger partial charge in [-0.3, -0.25) is 14.8 Å². The highest BCUT2D eigenvalue weighted by molar-refractivity contribution is 5.73. The second kappa shape index (κ2) is 13.6. The number of alkyl halides is 6. The minimum Gasteiger partial charge on any atom is -0.477 e. The molecule has 1 atom stereocenters. The average molecular weight is 566 g/mol. The van der Waals surface area contributed by atoms with Crippen LogP contribution in [0.2, 0.25) is 0 Å². The Kier molecular flexibility index (Phi) is 11.0. The van der Waals surface area contributed by atoms with E-state index >= 15 is 0 Å². The van der Waals surface area contributed by atoms with Gasteiger partial charge in [-0.2, -0.15) is 26.3 Å². The van der Waals surface area contributed by atoms with E-state index in [0.717, 1.165) is 44.4 Å². The van der Waals surface area contributed by atoms with Gasteiger partial charge < -0.3 is 14.9 Å². The zero-order valence-electron chi connectivity index (χ0n) is 20.8. The summed E-state index contributed by atoms with van der Waals surface area (Å²) in [6, 6.07) is 12.0. The third kappa shape index (κ3) is 10.3. The van der Waals surface area contributed by atoms with E-state index in [9.17, 15) is 26.3 Å². The molecule has 0 radical (unpaired) electrons. The minimum atomic E-state index is -5.08. The first kappa shape index (κ1) is 31.8. The topological polar surface area (TPSA) is 116 Å². The lowest BCUT2D eigenvalue weighted by Crippen LogP contribution is -2.71. The molecule has 9 nitrogen and oxygen atoms in total. The van der Waals surface area contributed by atoms with E-state index in [-0.39, 0.29) is 0 Å². The zero-order valence-corrected chi connectivity index (χ0v) is 20.8. The second-order valence-electron chi connectivity index (χ2n) is 9.06. The number of piperidine rings is 1. The van der Waals surface area contributed by atoms with Crippen molar-refractivity contribution < 1.29 is 50.9 Å². The van der Waals surface area contributed by atoms with Crippen LogP contribution in [0.3, 0.4) is 0 Å². The molecule has 4 rings (SSSR count). The monoisotopic (exact) mass is 566 g/mol. The number of hydrogen-bond donors (Lipinski definition) is 2. The number of likely N-dealkylation sites (N-methyl/N-ethyl adjacent to an activating group) is 1. The van der Waals surface area contributed by atoms with E-state index < -0.39 is 24.3 Å². The number of hydrogen-bond acceptors (Lipinski definition) is 7. The molecule has 216 valence electrons. The number of aromatic nitrogens is 2. The van der Waals surface area contributed by atoms with Crippen molar-refractivity contribution in [3.63, 3.8) is 0 Å². The summed E-state index contributed by atoms with van der Waals surface area (Å²) in [4.78, 5) is 31.6. The quantitative estimate of drug-likeness (QED) is 0.523. The van der Waals surface area contributed by atoms with Gasteiger partial charge in [-0.05, 0) is 50.6 Å². The van der Waals surface area contributed by atoms with Crippen LogP contribution in [0.15, 0.2) is 48.8 Å². The Morgan fingerprint density at radius 2 is 1.51 bits per heavy atom. The smallest absolute Gasteiger partial charge is 0.477 e. The number of halogens is 6. The number of pyridine rings is 2. The Labute approximate surface area is 220 Å². The molecule has 2 fully saturated rings. The first-order valence-electron chi connectivity index (χ1n) is 11.6. The second-order valence-corrected chi connectivity index (χ2v) is 9.06. The SMILES string of the molecule is CN1CCC(COc2ccccn2)CC12CN(Cc1ccccn1)C2.O=C(O)C(F)(F)F.O=C(O)C(F)(F)F. The van der Waals surface area contributed by atoms with Crippen molar-refractivity contribution in [1.82, 2.24) is 19.8 Å². The Bertz CT molecular complexity index is 1030. The fraction of sp³-hybridized carbons (Fsp3) is 0.500. The maximum absolute atomic E-state index is 10.6. The first-order valence-corrected chi connectivity index (χ1v) is 11.6. The zero-order chi connectivity index (χ0) is 29.3. The third-order valence-corrected chi connectivity index (χ3v) is 6.09. The van der Waals surface area contributed by atoms with Crippen molar-refractivity contribution in [3.05, 3.63) is 54.5 Å². The number of rotatable bonds is 5. The van der Waals surface area contributed by atoms with Crippen molar-refractivity contribution in [3.8, 4) is 5.88 Å². The Hall–Kier alpha value is -3.46. The molecule has 39 heavy (non-hydrogen) atoms. The molecule has 2 N–H and O–H groups in total. The summed E-state index contributed by atoms with van der Waals surface area (Å²) >= 11 is 0. The van der Waals surface area contributed by atoms with Gasteiger partial charge in [0.15, 0.2) is 0 Å². The van der Waals surface area contributed by atoms with Gasteiger partial charge in [-0.1, -0.05) is 12.1 Å². The van der Waals surface area contributed by atoms with E-state index in [1.54, 1.807) is 6.20 Å². The van der Waals surface area contributed by atoms with Crippen LogP contribution in [0.25, 0.3) is 0 Å². The van der Waals surface area contributed by atoms with E-state index in [1.165, 1.54) is 12.8 Å². The number of likely N-dealkylation sites (tertiary alicyclic amines) is 2. The number of aliphatic carboxylic acids is 2. The Balaban J connectivity index is 0.000000317. The molecule has 2 aromatic heterocycles. The number of carboxylic acids is 2. The summed E-state index contributed by atoms with van der Waals surface area (Å²) in [6.07, 6.45) is -4.10. The van der Waals surface area contributed by atoms with Gasteiger partial charge in [-0.15, -0.1) is 0 Å². The highest BCUT2D eigenvalue weighted by atomic mass is 19.4. The van der Waals surface area contributed by atoms with Gasteiger partial charge in [0, 0.05) is 43.6 Å². The summed E-state index contributed by atoms with van der Waals surface area (Å²) in [6.45, 7) is 5.12. The van der Waals surface area contributed by atoms with E-state index in [0.29, 0.717) is 11.5 Å². The van der Waals surface area contributed by atoms with E-state index in [1.807, 2.05) is 30.5 Å². The highest BCUT2D eigenvalue weighted by Gasteiger charge is 2.49. The van der Waals surface area contributed by atoms with Crippen LogP contribution < -0.4 is 4.74 Å². The predicted octanol–water partition coefficient (Wildman–Crippen LogP) is 3.72. The van der Waals surface area contributed by atoms with E-state index in [2.05, 4.69) is 38.9 Å². The maximum Gasteiger partial charge on any atom is 0.490 e. The van der Waals surface area contributed by atoms with Gasteiger partial charge in [0.1, 0.15) is 0 Å². The van der Waals surface area contributed by atoms with Gasteiger partial charge in [-0.25, -0.2) is 14.6 Å². The fourth-order valence-electron chi connectivity index (χ4n) is 4.18.